The molecule has 0 aliphatic carbocycles. The molecule has 0 atom stereocenters. The van der Waals surface area contributed by atoms with Crippen molar-refractivity contribution in [3.63, 3.8) is 0 Å². The lowest BCUT2D eigenvalue weighted by atomic mass is 9.82. The van der Waals surface area contributed by atoms with Crippen LogP contribution in [-0.4, -0.2) is 20.7 Å². The molecule has 0 aromatic carbocycles. The maximum atomic E-state index is 4.18. The highest BCUT2D eigenvalue weighted by Gasteiger charge is 2.25. The van der Waals surface area contributed by atoms with Crippen LogP contribution in [0.1, 0.15) is 46.6 Å². The molecule has 114 valence electrons. The van der Waals surface area contributed by atoms with Crippen LogP contribution in [0.15, 0.2) is 30.7 Å². The Morgan fingerprint density at radius 1 is 1.14 bits per heavy atom. The third-order valence-corrected chi connectivity index (χ3v) is 3.40. The van der Waals surface area contributed by atoms with Crippen LogP contribution in [0.5, 0.6) is 0 Å². The SMILES string of the molecule is CC(C)(C)CC(C)(C)NCc1cn[nH]c1-c1cccnc1. The van der Waals surface area contributed by atoms with Crippen molar-refractivity contribution in [3.8, 4) is 11.3 Å². The fourth-order valence-corrected chi connectivity index (χ4v) is 2.93. The Morgan fingerprint density at radius 3 is 2.52 bits per heavy atom. The number of aromatic nitrogens is 3. The van der Waals surface area contributed by atoms with E-state index in [1.54, 1.807) is 6.20 Å². The van der Waals surface area contributed by atoms with Gasteiger partial charge >= 0.3 is 0 Å². The number of H-pyrrole nitrogens is 1. The van der Waals surface area contributed by atoms with E-state index in [0.29, 0.717) is 5.41 Å². The van der Waals surface area contributed by atoms with Crippen LogP contribution < -0.4 is 5.32 Å². The first kappa shape index (κ1) is 15.7. The van der Waals surface area contributed by atoms with Crippen molar-refractivity contribution in [1.29, 1.82) is 0 Å². The van der Waals surface area contributed by atoms with Gasteiger partial charge in [0.2, 0.25) is 0 Å². The molecule has 0 amide bonds. The minimum Gasteiger partial charge on any atom is -0.308 e. The average Bonchev–Trinajstić information content (AvgIpc) is 2.83. The molecule has 0 aliphatic rings. The van der Waals surface area contributed by atoms with E-state index in [4.69, 9.17) is 0 Å². The molecule has 0 radical (unpaired) electrons. The molecule has 0 unspecified atom stereocenters. The molecule has 0 saturated heterocycles. The van der Waals surface area contributed by atoms with Crippen molar-refractivity contribution >= 4 is 0 Å². The van der Waals surface area contributed by atoms with Gasteiger partial charge in [-0.25, -0.2) is 0 Å². The molecule has 2 aromatic heterocycles. The summed E-state index contributed by atoms with van der Waals surface area (Å²) >= 11 is 0. The summed E-state index contributed by atoms with van der Waals surface area (Å²) in [7, 11) is 0. The van der Waals surface area contributed by atoms with Crippen molar-refractivity contribution < 1.29 is 0 Å². The Labute approximate surface area is 127 Å². The molecule has 2 aromatic rings. The van der Waals surface area contributed by atoms with Gasteiger partial charge in [0.05, 0.1) is 11.9 Å². The Balaban J connectivity index is 2.07. The summed E-state index contributed by atoms with van der Waals surface area (Å²) in [6.45, 7) is 12.1. The average molecular weight is 286 g/mol. The Bertz CT molecular complexity index is 564. The van der Waals surface area contributed by atoms with E-state index >= 15 is 0 Å². The molecule has 0 aliphatic heterocycles. The zero-order valence-electron chi connectivity index (χ0n) is 13.7. The van der Waals surface area contributed by atoms with Crippen LogP contribution in [0.2, 0.25) is 0 Å². The number of aromatic amines is 1. The first-order valence-corrected chi connectivity index (χ1v) is 7.45. The molecule has 4 heteroatoms. The number of nitrogens with zero attached hydrogens (tertiary/aromatic N) is 2. The number of hydrogen-bond acceptors (Lipinski definition) is 3. The second-order valence-corrected chi connectivity index (χ2v) is 7.49. The van der Waals surface area contributed by atoms with Crippen LogP contribution in [0.4, 0.5) is 0 Å². The zero-order chi connectivity index (χ0) is 15.5. The number of nitrogens with one attached hydrogen (secondary N) is 2. The fourth-order valence-electron chi connectivity index (χ4n) is 2.93. The third kappa shape index (κ3) is 4.67. The minimum atomic E-state index is 0.0850. The summed E-state index contributed by atoms with van der Waals surface area (Å²) in [5, 5.41) is 10.9. The van der Waals surface area contributed by atoms with Gasteiger partial charge < -0.3 is 5.32 Å². The molecule has 4 nitrogen and oxygen atoms in total. The smallest absolute Gasteiger partial charge is 0.0710 e. The highest BCUT2D eigenvalue weighted by Crippen LogP contribution is 2.27. The highest BCUT2D eigenvalue weighted by atomic mass is 15.1. The van der Waals surface area contributed by atoms with Gasteiger partial charge in [-0.1, -0.05) is 20.8 Å². The van der Waals surface area contributed by atoms with Crippen LogP contribution in [0, 0.1) is 5.41 Å². The van der Waals surface area contributed by atoms with E-state index in [2.05, 4.69) is 55.1 Å². The first-order chi connectivity index (χ1) is 9.77. The maximum absolute atomic E-state index is 4.18. The van der Waals surface area contributed by atoms with E-state index in [0.717, 1.165) is 24.2 Å². The van der Waals surface area contributed by atoms with Gasteiger partial charge in [0.1, 0.15) is 0 Å². The molecule has 2 heterocycles. The van der Waals surface area contributed by atoms with Gasteiger partial charge in [-0.3, -0.25) is 10.1 Å². The Morgan fingerprint density at radius 2 is 1.90 bits per heavy atom. The topological polar surface area (TPSA) is 53.6 Å². The summed E-state index contributed by atoms with van der Waals surface area (Å²) < 4.78 is 0. The molecule has 21 heavy (non-hydrogen) atoms. The minimum absolute atomic E-state index is 0.0850. The van der Waals surface area contributed by atoms with Crippen LogP contribution >= 0.6 is 0 Å². The molecule has 0 saturated carbocycles. The Hall–Kier alpha value is -1.68. The maximum Gasteiger partial charge on any atom is 0.0710 e. The summed E-state index contributed by atoms with van der Waals surface area (Å²) in [6.07, 6.45) is 6.64. The fraction of sp³-hybridized carbons (Fsp3) is 0.529. The third-order valence-electron chi connectivity index (χ3n) is 3.40. The lowest BCUT2D eigenvalue weighted by Gasteiger charge is -2.33. The summed E-state index contributed by atoms with van der Waals surface area (Å²) in [5.74, 6) is 0. The number of pyridine rings is 1. The van der Waals surface area contributed by atoms with Crippen LogP contribution in [0.25, 0.3) is 11.3 Å². The van der Waals surface area contributed by atoms with Gasteiger partial charge in [-0.15, -0.1) is 0 Å². The normalized spacial score (nSPS) is 12.6. The van der Waals surface area contributed by atoms with Crippen LogP contribution in [0.3, 0.4) is 0 Å². The van der Waals surface area contributed by atoms with Gasteiger partial charge in [0, 0.05) is 35.6 Å². The molecule has 0 fully saturated rings. The predicted molar refractivity (Wildman–Crippen MR) is 86.8 cm³/mol. The molecule has 2 rings (SSSR count). The van der Waals surface area contributed by atoms with Gasteiger partial charge in [-0.05, 0) is 37.8 Å². The van der Waals surface area contributed by atoms with Crippen molar-refractivity contribution in [2.24, 2.45) is 5.41 Å². The summed E-state index contributed by atoms with van der Waals surface area (Å²) in [6, 6.07) is 3.99. The number of rotatable bonds is 5. The monoisotopic (exact) mass is 286 g/mol. The summed E-state index contributed by atoms with van der Waals surface area (Å²) in [4.78, 5) is 4.17. The second-order valence-electron chi connectivity index (χ2n) is 7.49. The molecular weight excluding hydrogens is 260 g/mol. The van der Waals surface area contributed by atoms with Crippen molar-refractivity contribution in [2.45, 2.75) is 53.1 Å². The molecular formula is C17H26N4. The zero-order valence-corrected chi connectivity index (χ0v) is 13.7. The van der Waals surface area contributed by atoms with E-state index in [1.165, 1.54) is 5.56 Å². The molecule has 0 bridgehead atoms. The van der Waals surface area contributed by atoms with E-state index in [9.17, 15) is 0 Å². The van der Waals surface area contributed by atoms with Gasteiger partial charge in [0.15, 0.2) is 0 Å². The molecule has 0 spiro atoms. The quantitative estimate of drug-likeness (QED) is 0.879. The van der Waals surface area contributed by atoms with Crippen molar-refractivity contribution in [3.05, 3.63) is 36.3 Å². The standard InChI is InChI=1S/C17H26N4/c1-16(2,3)12-17(4,5)19-10-14-11-20-21-15(14)13-7-6-8-18-9-13/h6-9,11,19H,10,12H2,1-5H3,(H,20,21). The van der Waals surface area contributed by atoms with Crippen molar-refractivity contribution in [1.82, 2.24) is 20.5 Å². The van der Waals surface area contributed by atoms with Gasteiger partial charge in [0.25, 0.3) is 0 Å². The number of hydrogen-bond donors (Lipinski definition) is 2. The molecule has 2 N–H and O–H groups in total. The van der Waals surface area contributed by atoms with Gasteiger partial charge in [-0.2, -0.15) is 5.10 Å². The van der Waals surface area contributed by atoms with Crippen molar-refractivity contribution in [2.75, 3.05) is 0 Å². The largest absolute Gasteiger partial charge is 0.308 e. The highest BCUT2D eigenvalue weighted by molar-refractivity contribution is 5.61. The van der Waals surface area contributed by atoms with E-state index in [-0.39, 0.29) is 5.54 Å². The summed E-state index contributed by atoms with van der Waals surface area (Å²) in [5.41, 5.74) is 3.67. The lowest BCUT2D eigenvalue weighted by Crippen LogP contribution is -2.41. The first-order valence-electron chi connectivity index (χ1n) is 7.45. The Kier molecular flexibility index (Phi) is 4.47. The lowest BCUT2D eigenvalue weighted by molar-refractivity contribution is 0.241. The van der Waals surface area contributed by atoms with Crippen LogP contribution in [-0.2, 0) is 6.54 Å². The van der Waals surface area contributed by atoms with E-state index < -0.39 is 0 Å². The predicted octanol–water partition coefficient (Wildman–Crippen LogP) is 3.78. The van der Waals surface area contributed by atoms with E-state index in [1.807, 2.05) is 24.5 Å². The second kappa shape index (κ2) is 5.98.